The van der Waals surface area contributed by atoms with E-state index in [0.29, 0.717) is 18.9 Å². The fourth-order valence-corrected chi connectivity index (χ4v) is 3.14. The number of amides is 2. The largest absolute Gasteiger partial charge is 0.378 e. The van der Waals surface area contributed by atoms with Gasteiger partial charge in [0.15, 0.2) is 0 Å². The third-order valence-electron chi connectivity index (χ3n) is 4.57. The zero-order valence-corrected chi connectivity index (χ0v) is 13.1. The Labute approximate surface area is 136 Å². The van der Waals surface area contributed by atoms with Crippen LogP contribution in [0.5, 0.6) is 0 Å². The van der Waals surface area contributed by atoms with E-state index in [0.717, 1.165) is 37.3 Å². The molecule has 3 heterocycles. The molecule has 0 aromatic carbocycles. The van der Waals surface area contributed by atoms with Crippen LogP contribution in [0.15, 0.2) is 31.1 Å². The van der Waals surface area contributed by atoms with Crippen molar-refractivity contribution in [1.29, 1.82) is 0 Å². The van der Waals surface area contributed by atoms with Crippen molar-refractivity contribution in [1.82, 2.24) is 15.2 Å². The molecular formula is C17H22N4O2. The fourth-order valence-electron chi connectivity index (χ4n) is 3.14. The van der Waals surface area contributed by atoms with Crippen LogP contribution >= 0.6 is 0 Å². The topological polar surface area (TPSA) is 74.3 Å². The van der Waals surface area contributed by atoms with Crippen LogP contribution in [-0.2, 0) is 9.59 Å². The van der Waals surface area contributed by atoms with Crippen LogP contribution in [-0.4, -0.2) is 40.8 Å². The summed E-state index contributed by atoms with van der Waals surface area (Å²) in [5.41, 5.74) is 0.863. The highest BCUT2D eigenvalue weighted by atomic mass is 16.2. The van der Waals surface area contributed by atoms with Crippen LogP contribution < -0.4 is 10.6 Å². The summed E-state index contributed by atoms with van der Waals surface area (Å²) in [6, 6.07) is 4.26. The first-order chi connectivity index (χ1) is 11.2. The Bertz CT molecular complexity index is 591. The summed E-state index contributed by atoms with van der Waals surface area (Å²) >= 11 is 0. The Morgan fingerprint density at radius 2 is 2.04 bits per heavy atom. The van der Waals surface area contributed by atoms with Crippen LogP contribution in [0.2, 0.25) is 0 Å². The number of nitrogens with zero attached hydrogens (tertiary/aromatic N) is 2. The number of carbonyl (C=O) groups excluding carboxylic acids is 2. The van der Waals surface area contributed by atoms with E-state index in [-0.39, 0.29) is 17.7 Å². The highest BCUT2D eigenvalue weighted by molar-refractivity contribution is 6.00. The number of pyridine rings is 1. The molecule has 2 aliphatic rings. The molecule has 2 aliphatic heterocycles. The first-order valence-corrected chi connectivity index (χ1v) is 8.08. The van der Waals surface area contributed by atoms with E-state index in [1.807, 2.05) is 18.3 Å². The van der Waals surface area contributed by atoms with E-state index in [2.05, 4.69) is 27.1 Å². The summed E-state index contributed by atoms with van der Waals surface area (Å²) in [7, 11) is 0. The maximum Gasteiger partial charge on any atom is 0.234 e. The number of piperidine rings is 2. The van der Waals surface area contributed by atoms with Crippen molar-refractivity contribution in [2.24, 2.45) is 0 Å². The van der Waals surface area contributed by atoms with Crippen LogP contribution in [0.4, 0.5) is 5.82 Å². The Morgan fingerprint density at radius 1 is 1.26 bits per heavy atom. The Kier molecular flexibility index (Phi) is 4.60. The summed E-state index contributed by atoms with van der Waals surface area (Å²) in [4.78, 5) is 29.7. The van der Waals surface area contributed by atoms with Gasteiger partial charge < -0.3 is 10.2 Å². The minimum atomic E-state index is -0.273. The predicted octanol–water partition coefficient (Wildman–Crippen LogP) is 1.62. The lowest BCUT2D eigenvalue weighted by Crippen LogP contribution is -2.39. The van der Waals surface area contributed by atoms with Crippen molar-refractivity contribution < 1.29 is 9.59 Å². The lowest BCUT2D eigenvalue weighted by molar-refractivity contribution is -0.134. The van der Waals surface area contributed by atoms with Gasteiger partial charge in [0.05, 0.1) is 5.92 Å². The third kappa shape index (κ3) is 3.70. The molecule has 2 amide bonds. The van der Waals surface area contributed by atoms with Crippen LogP contribution in [0.25, 0.3) is 0 Å². The normalized spacial score (nSPS) is 22.6. The van der Waals surface area contributed by atoms with E-state index < -0.39 is 0 Å². The van der Waals surface area contributed by atoms with Crippen molar-refractivity contribution in [3.05, 3.63) is 36.7 Å². The number of likely N-dealkylation sites (tertiary alicyclic amines) is 1. The predicted molar refractivity (Wildman–Crippen MR) is 87.8 cm³/mol. The van der Waals surface area contributed by atoms with Gasteiger partial charge in [0.25, 0.3) is 0 Å². The van der Waals surface area contributed by atoms with Crippen molar-refractivity contribution >= 4 is 17.6 Å². The van der Waals surface area contributed by atoms with Gasteiger partial charge in [0.1, 0.15) is 5.82 Å². The van der Waals surface area contributed by atoms with Gasteiger partial charge in [-0.25, -0.2) is 4.98 Å². The molecule has 122 valence electrons. The molecule has 0 bridgehead atoms. The molecule has 1 aromatic heterocycles. The maximum absolute atomic E-state index is 11.9. The molecule has 23 heavy (non-hydrogen) atoms. The molecular weight excluding hydrogens is 292 g/mol. The summed E-state index contributed by atoms with van der Waals surface area (Å²) in [6.07, 6.45) is 6.69. The molecule has 0 radical (unpaired) electrons. The zero-order chi connectivity index (χ0) is 16.2. The lowest BCUT2D eigenvalue weighted by atomic mass is 9.92. The average Bonchev–Trinajstić information content (AvgIpc) is 2.57. The van der Waals surface area contributed by atoms with Gasteiger partial charge in [-0.05, 0) is 37.1 Å². The fraction of sp³-hybridized carbons (Fsp3) is 0.471. The molecule has 1 unspecified atom stereocenters. The van der Waals surface area contributed by atoms with Gasteiger partial charge in [0.2, 0.25) is 11.8 Å². The monoisotopic (exact) mass is 314 g/mol. The van der Waals surface area contributed by atoms with Gasteiger partial charge >= 0.3 is 0 Å². The van der Waals surface area contributed by atoms with E-state index in [1.165, 1.54) is 0 Å². The standard InChI is InChI=1S/C17H22N4O2/c1-2-21-9-7-13(8-10-21)19-15-5-3-12(11-18-15)14-4-6-16(22)20-17(14)23/h2-3,5,11,13-14H,1,4,6-10H2,(H,18,19)(H,20,22,23). The van der Waals surface area contributed by atoms with Crippen LogP contribution in [0.3, 0.4) is 0 Å². The second-order valence-corrected chi connectivity index (χ2v) is 6.12. The molecule has 3 rings (SSSR count). The molecule has 1 atom stereocenters. The number of hydrogen-bond acceptors (Lipinski definition) is 5. The number of nitrogens with one attached hydrogen (secondary N) is 2. The average molecular weight is 314 g/mol. The van der Waals surface area contributed by atoms with Gasteiger partial charge in [-0.3, -0.25) is 14.9 Å². The lowest BCUT2D eigenvalue weighted by Gasteiger charge is -2.31. The van der Waals surface area contributed by atoms with Gasteiger partial charge in [-0.15, -0.1) is 0 Å². The Morgan fingerprint density at radius 3 is 2.65 bits per heavy atom. The third-order valence-corrected chi connectivity index (χ3v) is 4.57. The number of carbonyl (C=O) groups is 2. The summed E-state index contributed by atoms with van der Waals surface area (Å²) in [5.74, 6) is 0.145. The summed E-state index contributed by atoms with van der Waals surface area (Å²) in [6.45, 7) is 5.82. The van der Waals surface area contributed by atoms with E-state index in [1.54, 1.807) is 6.20 Å². The van der Waals surface area contributed by atoms with E-state index >= 15 is 0 Å². The number of hydrogen-bond donors (Lipinski definition) is 2. The Balaban J connectivity index is 1.58. The minimum Gasteiger partial charge on any atom is -0.378 e. The SMILES string of the molecule is C=CN1CCC(Nc2ccc(C3CCC(=O)NC3=O)cn2)CC1. The molecule has 2 fully saturated rings. The highest BCUT2D eigenvalue weighted by Gasteiger charge is 2.28. The van der Waals surface area contributed by atoms with Gasteiger partial charge in [-0.2, -0.15) is 0 Å². The van der Waals surface area contributed by atoms with Crippen LogP contribution in [0, 0.1) is 0 Å². The number of rotatable bonds is 4. The second-order valence-electron chi connectivity index (χ2n) is 6.12. The molecule has 6 heteroatoms. The quantitative estimate of drug-likeness (QED) is 0.826. The summed E-state index contributed by atoms with van der Waals surface area (Å²) in [5, 5.41) is 5.83. The number of imide groups is 1. The van der Waals surface area contributed by atoms with Gasteiger partial charge in [0, 0.05) is 31.7 Å². The first-order valence-electron chi connectivity index (χ1n) is 8.08. The number of anilines is 1. The van der Waals surface area contributed by atoms with Crippen LogP contribution in [0.1, 0.15) is 37.2 Å². The Hall–Kier alpha value is -2.37. The minimum absolute atomic E-state index is 0.191. The molecule has 0 aliphatic carbocycles. The van der Waals surface area contributed by atoms with Gasteiger partial charge in [-0.1, -0.05) is 12.6 Å². The van der Waals surface area contributed by atoms with Crippen molar-refractivity contribution in [3.63, 3.8) is 0 Å². The molecule has 1 aromatic rings. The van der Waals surface area contributed by atoms with Crippen molar-refractivity contribution in [3.8, 4) is 0 Å². The van der Waals surface area contributed by atoms with E-state index in [4.69, 9.17) is 0 Å². The van der Waals surface area contributed by atoms with Crippen molar-refractivity contribution in [2.45, 2.75) is 37.6 Å². The molecule has 0 saturated carbocycles. The highest BCUT2D eigenvalue weighted by Crippen LogP contribution is 2.25. The maximum atomic E-state index is 11.9. The first kappa shape index (κ1) is 15.5. The summed E-state index contributed by atoms with van der Waals surface area (Å²) < 4.78 is 0. The molecule has 0 spiro atoms. The van der Waals surface area contributed by atoms with Crippen molar-refractivity contribution in [2.75, 3.05) is 18.4 Å². The zero-order valence-electron chi connectivity index (χ0n) is 13.1. The number of aromatic nitrogens is 1. The molecule has 2 saturated heterocycles. The molecule has 2 N–H and O–H groups in total. The second kappa shape index (κ2) is 6.81. The van der Waals surface area contributed by atoms with E-state index in [9.17, 15) is 9.59 Å². The molecule has 6 nitrogen and oxygen atoms in total. The smallest absolute Gasteiger partial charge is 0.234 e.